The molecule has 8 heteroatoms. The van der Waals surface area contributed by atoms with Crippen LogP contribution in [-0.4, -0.2) is 71.0 Å². The van der Waals surface area contributed by atoms with Gasteiger partial charge in [-0.05, 0) is 67.4 Å². The normalized spacial score (nSPS) is 46.5. The van der Waals surface area contributed by atoms with E-state index in [1.807, 2.05) is 20.8 Å². The van der Waals surface area contributed by atoms with E-state index < -0.39 is 41.8 Å². The van der Waals surface area contributed by atoms with Crippen LogP contribution in [0.1, 0.15) is 82.6 Å². The van der Waals surface area contributed by atoms with E-state index >= 15 is 0 Å². The largest absolute Gasteiger partial charge is 0.455 e. The van der Waals surface area contributed by atoms with Gasteiger partial charge >= 0.3 is 5.97 Å². The van der Waals surface area contributed by atoms with Crippen LogP contribution in [-0.2, 0) is 14.3 Å². The maximum Gasteiger partial charge on any atom is 0.337 e. The van der Waals surface area contributed by atoms with Gasteiger partial charge in [0.25, 0.3) is 0 Å². The first-order valence-electron chi connectivity index (χ1n) is 14.6. The van der Waals surface area contributed by atoms with E-state index in [-0.39, 0.29) is 97.2 Å². The number of rotatable bonds is 4. The molecule has 2 fully saturated rings. The smallest absolute Gasteiger partial charge is 0.337 e. The topological polar surface area (TPSA) is 108 Å². The molecule has 0 aromatic rings. The number of hydrogen-bond donors (Lipinski definition) is 4. The molecule has 1 saturated heterocycles. The molecule has 1 saturated carbocycles. The molecule has 0 bridgehead atoms. The number of hydrogen-bond acceptors (Lipinski definition) is 7. The van der Waals surface area contributed by atoms with E-state index in [0.29, 0.717) is 0 Å². The number of fused-ring (bicyclic) bond motifs is 3. The average molecular weight is 765 g/mol. The first kappa shape index (κ1) is 35.6. The number of likely N-dealkylation sites (N-methyl/N-ethyl adjacent to an activating group) is 1. The molecule has 0 spiro atoms. The van der Waals surface area contributed by atoms with Crippen LogP contribution in [0.25, 0.3) is 0 Å². The number of aliphatic hydroxyl groups excluding tert-OH is 2. The van der Waals surface area contributed by atoms with Crippen LogP contribution in [0.5, 0.6) is 0 Å². The van der Waals surface area contributed by atoms with Gasteiger partial charge in [-0.3, -0.25) is 0 Å². The standard InChI is InChI=1S/C31H55NO6.Ac/c1-15-13-22-31(36,14-37-22)27-19(5)24(33)18(4)26(38-28(35)25(34)21(7)32-12)17(3)23(29(8,9)10)16(2)20(6)30(15,27)11;/h15-16,18-22,24-27,32-34,36H,13-14H2,1-12H3;/b23-17-;/t15?,16?,18-,19-,20?,21?,22?,24?,25?,26?,27?,30+,31?;/m1./s1. The summed E-state index contributed by atoms with van der Waals surface area (Å²) in [6.07, 6.45) is -2.30. The summed E-state index contributed by atoms with van der Waals surface area (Å²) in [4.78, 5) is 13.1. The molecule has 3 aliphatic rings. The Hall–Kier alpha value is 0.452. The van der Waals surface area contributed by atoms with E-state index in [1.54, 1.807) is 14.0 Å². The van der Waals surface area contributed by atoms with Crippen LogP contribution in [0.15, 0.2) is 11.1 Å². The second kappa shape index (κ2) is 12.6. The third-order valence-electron chi connectivity index (χ3n) is 11.3. The Bertz CT molecular complexity index is 919. The molecule has 39 heavy (non-hydrogen) atoms. The third kappa shape index (κ3) is 5.98. The van der Waals surface area contributed by atoms with Gasteiger partial charge < -0.3 is 30.1 Å². The molecule has 0 aromatic heterocycles. The van der Waals surface area contributed by atoms with Crippen molar-refractivity contribution in [2.24, 2.45) is 46.3 Å². The molecule has 1 heterocycles. The molecular weight excluding hydrogens is 709 g/mol. The van der Waals surface area contributed by atoms with Gasteiger partial charge in [0.2, 0.25) is 0 Å². The molecule has 2 aliphatic carbocycles. The maximum atomic E-state index is 13.1. The summed E-state index contributed by atoms with van der Waals surface area (Å²) in [6.45, 7) is 23.7. The second-order valence-corrected chi connectivity index (χ2v) is 14.3. The molecule has 223 valence electrons. The van der Waals surface area contributed by atoms with Crippen LogP contribution in [0.2, 0.25) is 0 Å². The van der Waals surface area contributed by atoms with Gasteiger partial charge in [0.15, 0.2) is 6.10 Å². The van der Waals surface area contributed by atoms with Crippen molar-refractivity contribution in [1.29, 1.82) is 0 Å². The van der Waals surface area contributed by atoms with Gasteiger partial charge in [-0.2, -0.15) is 0 Å². The Morgan fingerprint density at radius 1 is 1.15 bits per heavy atom. The van der Waals surface area contributed by atoms with Crippen LogP contribution in [0.4, 0.5) is 0 Å². The second-order valence-electron chi connectivity index (χ2n) is 14.3. The first-order valence-corrected chi connectivity index (χ1v) is 14.6. The zero-order chi connectivity index (χ0) is 29.1. The fraction of sp³-hybridized carbons (Fsp3) is 0.903. The number of esters is 1. The molecule has 10 unspecified atom stereocenters. The predicted octanol–water partition coefficient (Wildman–Crippen LogP) is 3.94. The summed E-state index contributed by atoms with van der Waals surface area (Å²) in [5.41, 5.74) is 0.672. The Kier molecular flexibility index (Phi) is 11.5. The molecule has 7 nitrogen and oxygen atoms in total. The number of carbonyl (C=O) groups excluding carboxylic acids is 1. The van der Waals surface area contributed by atoms with Gasteiger partial charge in [-0.1, -0.05) is 67.9 Å². The van der Waals surface area contributed by atoms with Crippen molar-refractivity contribution < 1.29 is 73.7 Å². The van der Waals surface area contributed by atoms with Gasteiger partial charge in [0, 0.05) is 61.9 Å². The van der Waals surface area contributed by atoms with Crippen molar-refractivity contribution in [2.45, 2.75) is 119 Å². The summed E-state index contributed by atoms with van der Waals surface area (Å²) in [6, 6.07) is -0.472. The SMILES string of the molecule is CNC(C)C(O)C(=O)OC1/C(C)=C(\C(C)(C)C)C(C)C(C)[C@]2(C)C(C)CC3OCC3(O)C2[C@H](C)C(O)[C@H]1C.[Ac]. The minimum Gasteiger partial charge on any atom is -0.455 e. The molecule has 0 amide bonds. The van der Waals surface area contributed by atoms with E-state index in [1.165, 1.54) is 5.57 Å². The number of aliphatic hydroxyl groups is 3. The average Bonchev–Trinajstić information content (AvgIpc) is 2.84. The zero-order valence-electron chi connectivity index (χ0n) is 26.4. The van der Waals surface area contributed by atoms with E-state index in [9.17, 15) is 20.1 Å². The fourth-order valence-electron chi connectivity index (χ4n) is 8.69. The van der Waals surface area contributed by atoms with Gasteiger partial charge in [0.1, 0.15) is 11.7 Å². The number of ether oxygens (including phenoxy) is 2. The Morgan fingerprint density at radius 2 is 1.72 bits per heavy atom. The Balaban J connectivity index is 0.00000533. The van der Waals surface area contributed by atoms with Crippen molar-refractivity contribution in [3.05, 3.63) is 11.1 Å². The molecule has 13 atom stereocenters. The summed E-state index contributed by atoms with van der Waals surface area (Å²) >= 11 is 0. The molecular formula is C31H55AcNO6. The van der Waals surface area contributed by atoms with Crippen molar-refractivity contribution >= 4 is 5.97 Å². The number of nitrogens with one attached hydrogen (secondary N) is 1. The molecule has 1 radical (unpaired) electrons. The molecule has 3 rings (SSSR count). The van der Waals surface area contributed by atoms with Crippen molar-refractivity contribution in [3.63, 3.8) is 0 Å². The summed E-state index contributed by atoms with van der Waals surface area (Å²) in [5, 5.41) is 37.5. The first-order chi connectivity index (χ1) is 17.3. The summed E-state index contributed by atoms with van der Waals surface area (Å²) in [7, 11) is 1.69. The Morgan fingerprint density at radius 3 is 2.18 bits per heavy atom. The maximum absolute atomic E-state index is 13.1. The number of carbonyl (C=O) groups is 1. The molecule has 0 aromatic carbocycles. The minimum atomic E-state index is -1.32. The van der Waals surface area contributed by atoms with Crippen molar-refractivity contribution in [1.82, 2.24) is 5.32 Å². The van der Waals surface area contributed by atoms with E-state index in [2.05, 4.69) is 53.8 Å². The van der Waals surface area contributed by atoms with Crippen molar-refractivity contribution in [3.8, 4) is 0 Å². The van der Waals surface area contributed by atoms with Crippen LogP contribution >= 0.6 is 0 Å². The zero-order valence-corrected chi connectivity index (χ0v) is 31.2. The summed E-state index contributed by atoms with van der Waals surface area (Å²) < 4.78 is 12.0. The quantitative estimate of drug-likeness (QED) is 0.254. The van der Waals surface area contributed by atoms with Gasteiger partial charge in [-0.25, -0.2) is 4.79 Å². The fourth-order valence-corrected chi connectivity index (χ4v) is 8.69. The van der Waals surface area contributed by atoms with E-state index in [4.69, 9.17) is 9.47 Å². The Labute approximate surface area is 272 Å². The predicted molar refractivity (Wildman–Crippen MR) is 149 cm³/mol. The molecule has 1 aliphatic heterocycles. The third-order valence-corrected chi connectivity index (χ3v) is 11.3. The van der Waals surface area contributed by atoms with Crippen LogP contribution in [0.3, 0.4) is 0 Å². The van der Waals surface area contributed by atoms with E-state index in [0.717, 1.165) is 12.0 Å². The summed E-state index contributed by atoms with van der Waals surface area (Å²) in [5.74, 6) is -1.03. The molecule has 4 N–H and O–H groups in total. The van der Waals surface area contributed by atoms with Crippen molar-refractivity contribution in [2.75, 3.05) is 13.7 Å². The monoisotopic (exact) mass is 764 g/mol. The minimum absolute atomic E-state index is 0. The number of allylic oxidation sites excluding steroid dienone is 1. The van der Waals surface area contributed by atoms with Crippen LogP contribution in [0, 0.1) is 90.4 Å². The van der Waals surface area contributed by atoms with Gasteiger partial charge in [0.05, 0.1) is 18.8 Å². The van der Waals surface area contributed by atoms with Crippen LogP contribution < -0.4 is 5.32 Å². The van der Waals surface area contributed by atoms with Gasteiger partial charge in [-0.15, -0.1) is 0 Å².